The van der Waals surface area contributed by atoms with Crippen LogP contribution in [0, 0.1) is 18.6 Å². The molecule has 0 atom stereocenters. The van der Waals surface area contributed by atoms with E-state index in [0.29, 0.717) is 11.3 Å². The first-order chi connectivity index (χ1) is 7.58. The third-order valence-corrected chi connectivity index (χ3v) is 2.35. The van der Waals surface area contributed by atoms with Crippen molar-refractivity contribution in [3.8, 4) is 11.1 Å². The van der Waals surface area contributed by atoms with Crippen LogP contribution in [0.25, 0.3) is 11.1 Å². The minimum absolute atomic E-state index is 0.101. The zero-order valence-electron chi connectivity index (χ0n) is 8.34. The van der Waals surface area contributed by atoms with Crippen molar-refractivity contribution in [1.29, 1.82) is 0 Å². The Balaban J connectivity index is 2.59. The molecule has 0 radical (unpaired) electrons. The second-order valence-corrected chi connectivity index (χ2v) is 3.60. The lowest BCUT2D eigenvalue weighted by molar-refractivity contribution is 0.585. The first-order valence-corrected chi connectivity index (χ1v) is 4.90. The molecular weight excluding hydrogens is 234 g/mol. The molecule has 82 valence electrons. The van der Waals surface area contributed by atoms with E-state index in [2.05, 4.69) is 9.97 Å². The second kappa shape index (κ2) is 4.14. The van der Waals surface area contributed by atoms with Crippen molar-refractivity contribution in [2.45, 2.75) is 6.92 Å². The fourth-order valence-electron chi connectivity index (χ4n) is 1.41. The highest BCUT2D eigenvalue weighted by Crippen LogP contribution is 2.25. The molecular formula is C11H7ClF2N2. The van der Waals surface area contributed by atoms with E-state index in [1.54, 1.807) is 6.92 Å². The molecule has 0 unspecified atom stereocenters. The summed E-state index contributed by atoms with van der Waals surface area (Å²) in [6.45, 7) is 1.69. The molecule has 0 bridgehead atoms. The van der Waals surface area contributed by atoms with Gasteiger partial charge in [-0.3, -0.25) is 0 Å². The Labute approximate surface area is 95.9 Å². The van der Waals surface area contributed by atoms with Crippen molar-refractivity contribution in [1.82, 2.24) is 9.97 Å². The molecule has 1 aromatic heterocycles. The van der Waals surface area contributed by atoms with Gasteiger partial charge < -0.3 is 0 Å². The fourth-order valence-corrected chi connectivity index (χ4v) is 1.59. The van der Waals surface area contributed by atoms with Crippen LogP contribution in [0.15, 0.2) is 24.4 Å². The Morgan fingerprint density at radius 1 is 1.19 bits per heavy atom. The van der Waals surface area contributed by atoms with Gasteiger partial charge in [0.2, 0.25) is 5.28 Å². The smallest absolute Gasteiger partial charge is 0.222 e. The van der Waals surface area contributed by atoms with Gasteiger partial charge in [0.05, 0.1) is 5.69 Å². The molecule has 0 amide bonds. The number of aryl methyl sites for hydroxylation is 1. The van der Waals surface area contributed by atoms with Crippen molar-refractivity contribution >= 4 is 11.6 Å². The fraction of sp³-hybridized carbons (Fsp3) is 0.0909. The van der Waals surface area contributed by atoms with E-state index in [0.717, 1.165) is 6.07 Å². The maximum atomic E-state index is 13.5. The maximum absolute atomic E-state index is 13.5. The van der Waals surface area contributed by atoms with Crippen LogP contribution in [0.3, 0.4) is 0 Å². The van der Waals surface area contributed by atoms with Crippen molar-refractivity contribution in [2.24, 2.45) is 0 Å². The molecule has 1 aromatic carbocycles. The van der Waals surface area contributed by atoms with Gasteiger partial charge in [-0.2, -0.15) is 0 Å². The number of benzene rings is 1. The van der Waals surface area contributed by atoms with Gasteiger partial charge in [-0.15, -0.1) is 0 Å². The summed E-state index contributed by atoms with van der Waals surface area (Å²) < 4.78 is 26.2. The monoisotopic (exact) mass is 240 g/mol. The molecule has 0 saturated carbocycles. The standard InChI is InChI=1S/C11H7ClF2N2/c1-6-9(5-15-11(12)16-6)8-3-2-7(13)4-10(8)14/h2-5H,1H3. The highest BCUT2D eigenvalue weighted by atomic mass is 35.5. The summed E-state index contributed by atoms with van der Waals surface area (Å²) in [4.78, 5) is 7.68. The normalized spacial score (nSPS) is 10.5. The molecule has 2 nitrogen and oxygen atoms in total. The van der Waals surface area contributed by atoms with Gasteiger partial charge in [0, 0.05) is 23.4 Å². The van der Waals surface area contributed by atoms with Gasteiger partial charge in [0.25, 0.3) is 0 Å². The molecule has 0 aliphatic rings. The lowest BCUT2D eigenvalue weighted by atomic mass is 10.1. The summed E-state index contributed by atoms with van der Waals surface area (Å²) >= 11 is 5.59. The summed E-state index contributed by atoms with van der Waals surface area (Å²) in [7, 11) is 0. The molecule has 0 fully saturated rings. The average Bonchev–Trinajstić information content (AvgIpc) is 2.19. The lowest BCUT2D eigenvalue weighted by Gasteiger charge is -2.06. The number of rotatable bonds is 1. The van der Waals surface area contributed by atoms with Crippen LogP contribution in [0.5, 0.6) is 0 Å². The Morgan fingerprint density at radius 2 is 1.94 bits per heavy atom. The van der Waals surface area contributed by atoms with E-state index in [9.17, 15) is 8.78 Å². The summed E-state index contributed by atoms with van der Waals surface area (Å²) in [5.41, 5.74) is 1.31. The van der Waals surface area contributed by atoms with E-state index < -0.39 is 11.6 Å². The Morgan fingerprint density at radius 3 is 2.56 bits per heavy atom. The maximum Gasteiger partial charge on any atom is 0.222 e. The van der Waals surface area contributed by atoms with Crippen LogP contribution >= 0.6 is 11.6 Å². The molecule has 16 heavy (non-hydrogen) atoms. The van der Waals surface area contributed by atoms with Crippen molar-refractivity contribution in [3.63, 3.8) is 0 Å². The molecule has 1 heterocycles. The highest BCUT2D eigenvalue weighted by Gasteiger charge is 2.10. The van der Waals surface area contributed by atoms with Crippen LogP contribution in [-0.2, 0) is 0 Å². The summed E-state index contributed by atoms with van der Waals surface area (Å²) in [6, 6.07) is 3.36. The second-order valence-electron chi connectivity index (χ2n) is 3.26. The van der Waals surface area contributed by atoms with Crippen molar-refractivity contribution < 1.29 is 8.78 Å². The van der Waals surface area contributed by atoms with Crippen LogP contribution in [-0.4, -0.2) is 9.97 Å². The predicted molar refractivity (Wildman–Crippen MR) is 57.1 cm³/mol. The third kappa shape index (κ3) is 2.02. The van der Waals surface area contributed by atoms with E-state index in [-0.39, 0.29) is 10.8 Å². The molecule has 0 N–H and O–H groups in total. The largest absolute Gasteiger partial charge is 0.226 e. The lowest BCUT2D eigenvalue weighted by Crippen LogP contribution is -1.94. The first kappa shape index (κ1) is 11.0. The van der Waals surface area contributed by atoms with Crippen LogP contribution in [0.2, 0.25) is 5.28 Å². The van der Waals surface area contributed by atoms with E-state index in [1.807, 2.05) is 0 Å². The Hall–Kier alpha value is -1.55. The van der Waals surface area contributed by atoms with Gasteiger partial charge in [0.1, 0.15) is 11.6 Å². The van der Waals surface area contributed by atoms with E-state index in [4.69, 9.17) is 11.6 Å². The third-order valence-electron chi connectivity index (χ3n) is 2.17. The zero-order valence-corrected chi connectivity index (χ0v) is 9.09. The summed E-state index contributed by atoms with van der Waals surface area (Å²) in [6.07, 6.45) is 1.42. The Kier molecular flexibility index (Phi) is 2.83. The zero-order chi connectivity index (χ0) is 11.7. The molecule has 5 heteroatoms. The molecule has 0 saturated heterocycles. The molecule has 2 rings (SSSR count). The van der Waals surface area contributed by atoms with E-state index >= 15 is 0 Å². The number of aromatic nitrogens is 2. The van der Waals surface area contributed by atoms with Gasteiger partial charge in [-0.25, -0.2) is 18.7 Å². The predicted octanol–water partition coefficient (Wildman–Crippen LogP) is 3.38. The van der Waals surface area contributed by atoms with Crippen LogP contribution in [0.4, 0.5) is 8.78 Å². The number of halogens is 3. The summed E-state index contributed by atoms with van der Waals surface area (Å²) in [5.74, 6) is -1.26. The molecule has 2 aromatic rings. The Bertz CT molecular complexity index is 494. The van der Waals surface area contributed by atoms with Gasteiger partial charge in [-0.1, -0.05) is 0 Å². The van der Waals surface area contributed by atoms with E-state index in [1.165, 1.54) is 18.3 Å². The van der Waals surface area contributed by atoms with Gasteiger partial charge >= 0.3 is 0 Å². The topological polar surface area (TPSA) is 25.8 Å². The number of hydrogen-bond acceptors (Lipinski definition) is 2. The first-order valence-electron chi connectivity index (χ1n) is 4.52. The molecule has 0 spiro atoms. The minimum atomic E-state index is -0.644. The molecule has 0 aliphatic carbocycles. The van der Waals surface area contributed by atoms with Gasteiger partial charge in [-0.05, 0) is 30.7 Å². The SMILES string of the molecule is Cc1nc(Cl)ncc1-c1ccc(F)cc1F. The highest BCUT2D eigenvalue weighted by molar-refractivity contribution is 6.28. The van der Waals surface area contributed by atoms with Gasteiger partial charge in [0.15, 0.2) is 0 Å². The van der Waals surface area contributed by atoms with Crippen molar-refractivity contribution in [2.75, 3.05) is 0 Å². The quantitative estimate of drug-likeness (QED) is 0.714. The molecule has 0 aliphatic heterocycles. The number of nitrogens with zero attached hydrogens (tertiary/aromatic N) is 2. The number of hydrogen-bond donors (Lipinski definition) is 0. The van der Waals surface area contributed by atoms with Crippen LogP contribution in [0.1, 0.15) is 5.69 Å². The summed E-state index contributed by atoms with van der Waals surface area (Å²) in [5, 5.41) is 0.101. The van der Waals surface area contributed by atoms with Crippen LogP contribution < -0.4 is 0 Å². The minimum Gasteiger partial charge on any atom is -0.226 e. The average molecular weight is 241 g/mol. The van der Waals surface area contributed by atoms with Crippen molar-refractivity contribution in [3.05, 3.63) is 47.0 Å².